The maximum atomic E-state index is 13.8. The van der Waals surface area contributed by atoms with Crippen molar-refractivity contribution in [1.29, 1.82) is 0 Å². The van der Waals surface area contributed by atoms with Gasteiger partial charge in [-0.2, -0.15) is 0 Å². The number of carbonyl (C=O) groups excluding carboxylic acids is 4. The van der Waals surface area contributed by atoms with E-state index in [0.717, 1.165) is 6.07 Å². The van der Waals surface area contributed by atoms with Crippen molar-refractivity contribution in [3.63, 3.8) is 0 Å². The molecular formula is C38H38O14. The highest BCUT2D eigenvalue weighted by Gasteiger charge is 2.49. The molecule has 14 nitrogen and oxygen atoms in total. The summed E-state index contributed by atoms with van der Waals surface area (Å²) in [6, 6.07) is 3.83. The molecule has 8 atom stereocenters. The van der Waals surface area contributed by atoms with Crippen molar-refractivity contribution in [2.75, 3.05) is 0 Å². The van der Waals surface area contributed by atoms with Gasteiger partial charge in [0, 0.05) is 52.8 Å². The first kappa shape index (κ1) is 36.8. The number of aromatic hydroxyl groups is 2. The minimum atomic E-state index is -1.90. The second-order valence-corrected chi connectivity index (χ2v) is 13.7. The van der Waals surface area contributed by atoms with Crippen LogP contribution in [0.25, 0.3) is 0 Å². The SMILES string of the molecule is C[C@@H]1O[C@](C)(C(=O)O)O[C@H]1/C=C/C=C/C=C/C(=O)O[C@H]1CC[C@H](c2ccc3c(c2O)C(=O)c2cc(O)c4c(c2C3=O)C(=O)[C@H](O)[C@](C)(O)C4)O[C@@H]1C. The van der Waals surface area contributed by atoms with Crippen molar-refractivity contribution in [3.8, 4) is 11.5 Å². The first-order valence-corrected chi connectivity index (χ1v) is 16.7. The van der Waals surface area contributed by atoms with Crippen LogP contribution in [-0.4, -0.2) is 96.7 Å². The molecule has 2 aromatic rings. The van der Waals surface area contributed by atoms with E-state index in [0.29, 0.717) is 6.42 Å². The van der Waals surface area contributed by atoms with Crippen LogP contribution in [0.5, 0.6) is 11.5 Å². The lowest BCUT2D eigenvalue weighted by Gasteiger charge is -2.36. The summed E-state index contributed by atoms with van der Waals surface area (Å²) in [5.74, 6) is -7.14. The fourth-order valence-corrected chi connectivity index (χ4v) is 7.08. The number of carboxylic acids is 1. The molecule has 2 fully saturated rings. The first-order chi connectivity index (χ1) is 24.4. The van der Waals surface area contributed by atoms with Gasteiger partial charge in [-0.3, -0.25) is 14.4 Å². The van der Waals surface area contributed by atoms with Crippen LogP contribution in [0.4, 0.5) is 0 Å². The number of esters is 1. The molecule has 2 aliphatic carbocycles. The van der Waals surface area contributed by atoms with E-state index in [1.165, 1.54) is 38.1 Å². The molecular weight excluding hydrogens is 680 g/mol. The van der Waals surface area contributed by atoms with Gasteiger partial charge in [0.25, 0.3) is 5.79 Å². The van der Waals surface area contributed by atoms with E-state index < -0.39 is 88.8 Å². The van der Waals surface area contributed by atoms with Crippen LogP contribution >= 0.6 is 0 Å². The smallest absolute Gasteiger partial charge is 0.364 e. The van der Waals surface area contributed by atoms with Crippen LogP contribution < -0.4 is 0 Å². The number of ether oxygens (including phenoxy) is 4. The number of benzene rings is 2. The van der Waals surface area contributed by atoms with Crippen molar-refractivity contribution in [3.05, 3.63) is 93.6 Å². The van der Waals surface area contributed by atoms with Crippen LogP contribution in [-0.2, 0) is 35.0 Å². The van der Waals surface area contributed by atoms with Gasteiger partial charge in [0.05, 0.1) is 29.5 Å². The molecule has 0 aromatic heterocycles. The Morgan fingerprint density at radius 1 is 0.904 bits per heavy atom. The third-order valence-electron chi connectivity index (χ3n) is 9.90. The average Bonchev–Trinajstić information content (AvgIpc) is 3.39. The number of fused-ring (bicyclic) bond motifs is 4. The Bertz CT molecular complexity index is 1970. The Morgan fingerprint density at radius 3 is 2.27 bits per heavy atom. The van der Waals surface area contributed by atoms with Crippen LogP contribution in [0.1, 0.15) is 100.0 Å². The molecule has 5 N–H and O–H groups in total. The van der Waals surface area contributed by atoms with Crippen molar-refractivity contribution in [2.24, 2.45) is 0 Å². The highest BCUT2D eigenvalue weighted by Crippen LogP contribution is 2.45. The molecule has 6 rings (SSSR count). The van der Waals surface area contributed by atoms with Gasteiger partial charge in [-0.25, -0.2) is 9.59 Å². The van der Waals surface area contributed by atoms with Crippen LogP contribution in [0, 0.1) is 0 Å². The molecule has 0 unspecified atom stereocenters. The maximum Gasteiger partial charge on any atom is 0.364 e. The number of phenols is 2. The number of ketones is 3. The molecule has 0 radical (unpaired) electrons. The van der Waals surface area contributed by atoms with Gasteiger partial charge in [0.1, 0.15) is 29.8 Å². The Balaban J connectivity index is 1.10. The number of Topliss-reactive ketones (excluding diaryl/α,β-unsaturated/α-hetero) is 1. The predicted octanol–water partition coefficient (Wildman–Crippen LogP) is 3.15. The number of carbonyl (C=O) groups is 5. The van der Waals surface area contributed by atoms with Gasteiger partial charge >= 0.3 is 11.9 Å². The number of aliphatic carboxylic acids is 1. The van der Waals surface area contributed by atoms with Crippen molar-refractivity contribution in [2.45, 2.75) is 95.0 Å². The van der Waals surface area contributed by atoms with Gasteiger partial charge < -0.3 is 44.5 Å². The zero-order valence-corrected chi connectivity index (χ0v) is 28.7. The molecule has 0 bridgehead atoms. The van der Waals surface area contributed by atoms with Crippen LogP contribution in [0.2, 0.25) is 0 Å². The van der Waals surface area contributed by atoms with Crippen LogP contribution in [0.3, 0.4) is 0 Å². The van der Waals surface area contributed by atoms with E-state index in [9.17, 15) is 49.5 Å². The number of aliphatic hydroxyl groups excluding tert-OH is 1. The number of carboxylic acid groups (broad SMARTS) is 1. The topological polar surface area (TPSA) is 223 Å². The Labute approximate surface area is 297 Å². The molecule has 2 saturated heterocycles. The second kappa shape index (κ2) is 13.5. The number of phenolic OH excluding ortho intramolecular Hbond substituents is 2. The van der Waals surface area contributed by atoms with Crippen LogP contribution in [0.15, 0.2) is 54.7 Å². The highest BCUT2D eigenvalue weighted by atomic mass is 16.8. The molecule has 14 heteroatoms. The Kier molecular flexibility index (Phi) is 9.57. The van der Waals surface area contributed by atoms with Crippen molar-refractivity contribution < 1.29 is 68.5 Å². The summed E-state index contributed by atoms with van der Waals surface area (Å²) in [6.07, 6.45) is 4.58. The summed E-state index contributed by atoms with van der Waals surface area (Å²) in [4.78, 5) is 64.5. The lowest BCUT2D eigenvalue weighted by atomic mass is 9.71. The van der Waals surface area contributed by atoms with Gasteiger partial charge in [-0.15, -0.1) is 0 Å². The standard InChI is InChI=1S/C38H38O14/c1-17-24(50-27(40)10-8-6-5-7-9-25-18(2)51-38(4,52-25)36(46)47)13-14-26(49-17)19-11-12-20-30(31(19)41)33(43)21-15-23(39)22-16-37(3,48)35(45)34(44)29(22)28(21)32(20)42/h5-12,15,17-18,24-26,35,39,41,45,48H,13-14,16H2,1-4H3,(H,46,47)/b6-5+,9-7+,10-8+/t17-,18+,24+,25+,26-,35+,37-,38+/m1/s1. The highest BCUT2D eigenvalue weighted by molar-refractivity contribution is 6.32. The fraction of sp³-hybridized carbons (Fsp3) is 0.395. The van der Waals surface area contributed by atoms with Gasteiger partial charge in [0.2, 0.25) is 0 Å². The van der Waals surface area contributed by atoms with E-state index in [2.05, 4.69) is 0 Å². The predicted molar refractivity (Wildman–Crippen MR) is 179 cm³/mol. The van der Waals surface area contributed by atoms with Crippen molar-refractivity contribution in [1.82, 2.24) is 0 Å². The van der Waals surface area contributed by atoms with E-state index in [-0.39, 0.29) is 51.8 Å². The molecule has 2 heterocycles. The maximum absolute atomic E-state index is 13.8. The molecule has 0 saturated carbocycles. The third-order valence-corrected chi connectivity index (χ3v) is 9.90. The zero-order valence-electron chi connectivity index (χ0n) is 28.7. The van der Waals surface area contributed by atoms with Gasteiger partial charge in [-0.05, 0) is 45.7 Å². The minimum Gasteiger partial charge on any atom is -0.508 e. The van der Waals surface area contributed by atoms with E-state index in [1.807, 2.05) is 0 Å². The number of rotatable bonds is 7. The lowest BCUT2D eigenvalue weighted by Crippen LogP contribution is -2.51. The molecule has 2 aliphatic heterocycles. The monoisotopic (exact) mass is 718 g/mol. The summed E-state index contributed by atoms with van der Waals surface area (Å²) >= 11 is 0. The van der Waals surface area contributed by atoms with E-state index in [1.54, 1.807) is 38.2 Å². The summed E-state index contributed by atoms with van der Waals surface area (Å²) in [5, 5.41) is 52.3. The number of hydrogen-bond donors (Lipinski definition) is 5. The molecule has 2 aromatic carbocycles. The number of allylic oxidation sites excluding steroid dienone is 4. The van der Waals surface area contributed by atoms with Gasteiger partial charge in [-0.1, -0.05) is 36.4 Å². The minimum absolute atomic E-state index is 0.0580. The molecule has 274 valence electrons. The fourth-order valence-electron chi connectivity index (χ4n) is 7.08. The number of hydrogen-bond acceptors (Lipinski definition) is 13. The molecule has 0 amide bonds. The quantitative estimate of drug-likeness (QED) is 0.135. The molecule has 4 aliphatic rings. The molecule has 0 spiro atoms. The molecule has 52 heavy (non-hydrogen) atoms. The van der Waals surface area contributed by atoms with Gasteiger partial charge in [0.15, 0.2) is 17.3 Å². The normalized spacial score (nSPS) is 31.6. The largest absolute Gasteiger partial charge is 0.508 e. The summed E-state index contributed by atoms with van der Waals surface area (Å²) in [7, 11) is 0. The average molecular weight is 719 g/mol. The van der Waals surface area contributed by atoms with E-state index >= 15 is 0 Å². The summed E-state index contributed by atoms with van der Waals surface area (Å²) in [5.41, 5.74) is -3.19. The summed E-state index contributed by atoms with van der Waals surface area (Å²) in [6.45, 7) is 5.95. The van der Waals surface area contributed by atoms with Crippen molar-refractivity contribution >= 4 is 29.3 Å². The number of aliphatic hydroxyl groups is 2. The first-order valence-electron chi connectivity index (χ1n) is 16.7. The summed E-state index contributed by atoms with van der Waals surface area (Å²) < 4.78 is 22.5. The Morgan fingerprint density at radius 2 is 1.60 bits per heavy atom. The second-order valence-electron chi connectivity index (χ2n) is 13.7. The van der Waals surface area contributed by atoms with E-state index in [4.69, 9.17) is 18.9 Å². The lowest BCUT2D eigenvalue weighted by molar-refractivity contribution is -0.200. The Hall–Kier alpha value is -4.99. The zero-order chi connectivity index (χ0) is 37.9. The third kappa shape index (κ3) is 6.37.